The molecule has 2 aromatic rings. The first-order chi connectivity index (χ1) is 8.29. The lowest BCUT2D eigenvalue weighted by molar-refractivity contribution is 0.605. The third-order valence-corrected chi connectivity index (χ3v) is 2.56. The molecule has 2 aromatic heterocycles. The Morgan fingerprint density at radius 3 is 2.94 bits per heavy atom. The third kappa shape index (κ3) is 2.64. The van der Waals surface area contributed by atoms with Gasteiger partial charge in [-0.1, -0.05) is 0 Å². The summed E-state index contributed by atoms with van der Waals surface area (Å²) in [6.07, 6.45) is 4.23. The molecule has 3 rings (SSSR count). The van der Waals surface area contributed by atoms with Gasteiger partial charge in [-0.3, -0.25) is 0 Å². The summed E-state index contributed by atoms with van der Waals surface area (Å²) < 4.78 is 1.72. The molecule has 0 atom stereocenters. The Hall–Kier alpha value is -1.83. The highest BCUT2D eigenvalue weighted by molar-refractivity contribution is 4.88. The van der Waals surface area contributed by atoms with E-state index in [0.717, 1.165) is 12.4 Å². The molecule has 0 radical (unpaired) electrons. The van der Waals surface area contributed by atoms with Gasteiger partial charge in [0, 0.05) is 6.04 Å². The highest BCUT2D eigenvalue weighted by Gasteiger charge is 2.20. The maximum atomic E-state index is 4.34. The van der Waals surface area contributed by atoms with Gasteiger partial charge >= 0.3 is 0 Å². The van der Waals surface area contributed by atoms with Gasteiger partial charge in [-0.05, 0) is 18.1 Å². The molecule has 1 N–H and O–H groups in total. The monoisotopic (exact) mass is 234 g/mol. The minimum atomic E-state index is 0.504. The van der Waals surface area contributed by atoms with Gasteiger partial charge in [-0.15, -0.1) is 10.2 Å². The summed E-state index contributed by atoms with van der Waals surface area (Å²) in [6, 6.07) is 0.670. The summed E-state index contributed by atoms with van der Waals surface area (Å²) in [5.41, 5.74) is 0. The molecule has 2 heterocycles. The molecular formula is C9H14N8. The molecular weight excluding hydrogens is 220 g/mol. The Balaban J connectivity index is 1.59. The van der Waals surface area contributed by atoms with E-state index in [0.29, 0.717) is 18.4 Å². The van der Waals surface area contributed by atoms with Crippen molar-refractivity contribution >= 4 is 0 Å². The van der Waals surface area contributed by atoms with E-state index in [1.54, 1.807) is 18.1 Å². The van der Waals surface area contributed by atoms with Crippen LogP contribution in [-0.4, -0.2) is 41.0 Å². The first-order valence-corrected chi connectivity index (χ1v) is 5.64. The minimum absolute atomic E-state index is 0.504. The lowest BCUT2D eigenvalue weighted by Gasteiger charge is -1.97. The fourth-order valence-corrected chi connectivity index (χ4v) is 1.54. The molecule has 1 aliphatic rings. The molecule has 17 heavy (non-hydrogen) atoms. The van der Waals surface area contributed by atoms with Crippen molar-refractivity contribution in [2.75, 3.05) is 0 Å². The predicted molar refractivity (Wildman–Crippen MR) is 57.8 cm³/mol. The number of rotatable bonds is 5. The summed E-state index contributed by atoms with van der Waals surface area (Å²) in [6.45, 7) is 1.23. The Morgan fingerprint density at radius 1 is 1.35 bits per heavy atom. The van der Waals surface area contributed by atoms with E-state index in [2.05, 4.69) is 30.8 Å². The first kappa shape index (κ1) is 10.3. The number of tetrazole rings is 1. The molecule has 1 fully saturated rings. The van der Waals surface area contributed by atoms with E-state index in [-0.39, 0.29) is 0 Å². The minimum Gasteiger partial charge on any atom is -0.307 e. The largest absolute Gasteiger partial charge is 0.307 e. The highest BCUT2D eigenvalue weighted by Crippen LogP contribution is 2.18. The van der Waals surface area contributed by atoms with Crippen molar-refractivity contribution in [2.24, 2.45) is 7.05 Å². The van der Waals surface area contributed by atoms with Crippen LogP contribution in [0.1, 0.15) is 24.5 Å². The Kier molecular flexibility index (Phi) is 2.56. The van der Waals surface area contributed by atoms with Crippen molar-refractivity contribution in [1.29, 1.82) is 0 Å². The summed E-state index contributed by atoms with van der Waals surface area (Å²) in [5.74, 6) is 1.44. The first-order valence-electron chi connectivity index (χ1n) is 5.64. The molecule has 0 unspecified atom stereocenters. The lowest BCUT2D eigenvalue weighted by Crippen LogP contribution is -2.16. The number of nitrogens with zero attached hydrogens (tertiary/aromatic N) is 7. The quantitative estimate of drug-likeness (QED) is 0.721. The van der Waals surface area contributed by atoms with Crippen molar-refractivity contribution in [3.8, 4) is 0 Å². The second-order valence-corrected chi connectivity index (χ2v) is 4.21. The van der Waals surface area contributed by atoms with Gasteiger partial charge in [-0.2, -0.15) is 9.90 Å². The van der Waals surface area contributed by atoms with Gasteiger partial charge in [-0.25, -0.2) is 9.67 Å². The number of hydrogen-bond acceptors (Lipinski definition) is 6. The van der Waals surface area contributed by atoms with Crippen molar-refractivity contribution in [2.45, 2.75) is 32.0 Å². The average molecular weight is 234 g/mol. The van der Waals surface area contributed by atoms with Gasteiger partial charge in [0.15, 0.2) is 11.6 Å². The molecule has 8 heteroatoms. The zero-order valence-electron chi connectivity index (χ0n) is 9.61. The van der Waals surface area contributed by atoms with Crippen LogP contribution >= 0.6 is 0 Å². The summed E-state index contributed by atoms with van der Waals surface area (Å²) in [4.78, 5) is 5.66. The van der Waals surface area contributed by atoms with E-state index in [4.69, 9.17) is 0 Å². The SMILES string of the molecule is Cn1nnc(Cn2cnc(CNC3CC3)n2)n1. The standard InChI is InChI=1S/C9H14N8/c1-16-13-9(12-15-16)5-17-6-11-8(14-17)4-10-7-2-3-7/h6-7,10H,2-5H2,1H3. The fraction of sp³-hybridized carbons (Fsp3) is 0.667. The smallest absolute Gasteiger partial charge is 0.196 e. The normalized spacial score (nSPS) is 15.4. The maximum Gasteiger partial charge on any atom is 0.196 e. The van der Waals surface area contributed by atoms with Crippen molar-refractivity contribution in [3.05, 3.63) is 18.0 Å². The molecule has 0 spiro atoms. The van der Waals surface area contributed by atoms with Gasteiger partial charge < -0.3 is 5.32 Å². The van der Waals surface area contributed by atoms with E-state index in [1.165, 1.54) is 17.6 Å². The second-order valence-electron chi connectivity index (χ2n) is 4.21. The summed E-state index contributed by atoms with van der Waals surface area (Å²) in [7, 11) is 1.74. The molecule has 0 aliphatic heterocycles. The van der Waals surface area contributed by atoms with Crippen molar-refractivity contribution in [1.82, 2.24) is 40.3 Å². The van der Waals surface area contributed by atoms with Crippen LogP contribution in [0, 0.1) is 0 Å². The molecule has 0 saturated heterocycles. The van der Waals surface area contributed by atoms with E-state index >= 15 is 0 Å². The Labute approximate surface area is 98.0 Å². The van der Waals surface area contributed by atoms with Crippen molar-refractivity contribution in [3.63, 3.8) is 0 Å². The summed E-state index contributed by atoms with van der Waals surface area (Å²) >= 11 is 0. The average Bonchev–Trinajstić information content (AvgIpc) is 2.90. The topological polar surface area (TPSA) is 86.3 Å². The maximum absolute atomic E-state index is 4.34. The highest BCUT2D eigenvalue weighted by atomic mass is 15.6. The fourth-order valence-electron chi connectivity index (χ4n) is 1.54. The van der Waals surface area contributed by atoms with E-state index in [1.807, 2.05) is 0 Å². The van der Waals surface area contributed by atoms with Gasteiger partial charge in [0.1, 0.15) is 12.9 Å². The van der Waals surface area contributed by atoms with Crippen LogP contribution in [0.4, 0.5) is 0 Å². The van der Waals surface area contributed by atoms with Crippen LogP contribution in [0.5, 0.6) is 0 Å². The molecule has 1 saturated carbocycles. The molecule has 0 aromatic carbocycles. The zero-order chi connectivity index (χ0) is 11.7. The number of aryl methyl sites for hydroxylation is 1. The van der Waals surface area contributed by atoms with Crippen LogP contribution in [0.2, 0.25) is 0 Å². The molecule has 8 nitrogen and oxygen atoms in total. The van der Waals surface area contributed by atoms with Crippen LogP contribution in [0.25, 0.3) is 0 Å². The Bertz CT molecular complexity index is 497. The van der Waals surface area contributed by atoms with Gasteiger partial charge in [0.2, 0.25) is 0 Å². The number of hydrogen-bond donors (Lipinski definition) is 1. The summed E-state index contributed by atoms with van der Waals surface area (Å²) in [5, 5.41) is 19.5. The van der Waals surface area contributed by atoms with E-state index in [9.17, 15) is 0 Å². The van der Waals surface area contributed by atoms with Gasteiger partial charge in [0.05, 0.1) is 13.6 Å². The number of aromatic nitrogens is 7. The van der Waals surface area contributed by atoms with Crippen LogP contribution < -0.4 is 5.32 Å². The second kappa shape index (κ2) is 4.21. The van der Waals surface area contributed by atoms with E-state index < -0.39 is 0 Å². The van der Waals surface area contributed by atoms with Crippen LogP contribution in [0.3, 0.4) is 0 Å². The number of nitrogens with one attached hydrogen (secondary N) is 1. The molecule has 0 amide bonds. The Morgan fingerprint density at radius 2 is 2.24 bits per heavy atom. The van der Waals surface area contributed by atoms with Crippen LogP contribution in [-0.2, 0) is 20.1 Å². The molecule has 0 bridgehead atoms. The van der Waals surface area contributed by atoms with Crippen LogP contribution in [0.15, 0.2) is 6.33 Å². The lowest BCUT2D eigenvalue weighted by atomic mass is 10.5. The van der Waals surface area contributed by atoms with Crippen molar-refractivity contribution < 1.29 is 0 Å². The van der Waals surface area contributed by atoms with Gasteiger partial charge in [0.25, 0.3) is 0 Å². The molecule has 1 aliphatic carbocycles. The zero-order valence-corrected chi connectivity index (χ0v) is 9.61. The molecule has 90 valence electrons. The third-order valence-electron chi connectivity index (χ3n) is 2.56. The predicted octanol–water partition coefficient (Wildman–Crippen LogP) is -0.898.